The standard InChI is InChI=1S/C16H15ClN2O2S/c1-10-8-11(17)2-4-13(10)19-16(22)18-12-3-5-14-15(9-12)21-7-6-20-14/h2-5,8-9H,6-7H2,1H3,(H2,18,19,22). The second-order valence-electron chi connectivity index (χ2n) is 4.90. The molecule has 22 heavy (non-hydrogen) atoms. The Bertz CT molecular complexity index is 721. The van der Waals surface area contributed by atoms with E-state index < -0.39 is 0 Å². The van der Waals surface area contributed by atoms with Gasteiger partial charge in [-0.3, -0.25) is 0 Å². The van der Waals surface area contributed by atoms with E-state index >= 15 is 0 Å². The maximum absolute atomic E-state index is 5.95. The minimum atomic E-state index is 0.502. The minimum absolute atomic E-state index is 0.502. The summed E-state index contributed by atoms with van der Waals surface area (Å²) in [5.74, 6) is 1.48. The summed E-state index contributed by atoms with van der Waals surface area (Å²) in [6.45, 7) is 3.11. The summed E-state index contributed by atoms with van der Waals surface area (Å²) >= 11 is 11.3. The zero-order chi connectivity index (χ0) is 15.5. The molecule has 0 unspecified atom stereocenters. The SMILES string of the molecule is Cc1cc(Cl)ccc1NC(=S)Nc1ccc2c(c1)OCCO2. The smallest absolute Gasteiger partial charge is 0.175 e. The van der Waals surface area contributed by atoms with E-state index in [4.69, 9.17) is 33.3 Å². The second kappa shape index (κ2) is 6.42. The van der Waals surface area contributed by atoms with Gasteiger partial charge in [0.1, 0.15) is 13.2 Å². The number of aryl methyl sites for hydroxylation is 1. The topological polar surface area (TPSA) is 42.5 Å². The van der Waals surface area contributed by atoms with Crippen molar-refractivity contribution in [2.24, 2.45) is 0 Å². The average Bonchev–Trinajstić information content (AvgIpc) is 2.50. The Morgan fingerprint density at radius 2 is 1.82 bits per heavy atom. The van der Waals surface area contributed by atoms with E-state index in [9.17, 15) is 0 Å². The van der Waals surface area contributed by atoms with Crippen LogP contribution in [0.1, 0.15) is 5.56 Å². The lowest BCUT2D eigenvalue weighted by Crippen LogP contribution is -2.20. The number of hydrogen-bond acceptors (Lipinski definition) is 3. The van der Waals surface area contributed by atoms with Gasteiger partial charge in [0.2, 0.25) is 0 Å². The third-order valence-electron chi connectivity index (χ3n) is 3.24. The Hall–Kier alpha value is -1.98. The van der Waals surface area contributed by atoms with Crippen molar-refractivity contribution in [3.8, 4) is 11.5 Å². The Labute approximate surface area is 139 Å². The summed E-state index contributed by atoms with van der Waals surface area (Å²) in [4.78, 5) is 0. The van der Waals surface area contributed by atoms with E-state index in [0.29, 0.717) is 23.3 Å². The van der Waals surface area contributed by atoms with Gasteiger partial charge in [-0.05, 0) is 55.0 Å². The van der Waals surface area contributed by atoms with Gasteiger partial charge in [0.05, 0.1) is 0 Å². The van der Waals surface area contributed by atoms with E-state index in [-0.39, 0.29) is 0 Å². The first-order valence-electron chi connectivity index (χ1n) is 6.85. The molecule has 1 aliphatic rings. The molecule has 4 nitrogen and oxygen atoms in total. The van der Waals surface area contributed by atoms with Crippen molar-refractivity contribution in [1.82, 2.24) is 0 Å². The fourth-order valence-electron chi connectivity index (χ4n) is 2.17. The number of rotatable bonds is 2. The molecular formula is C16H15ClN2O2S. The molecule has 2 N–H and O–H groups in total. The van der Waals surface area contributed by atoms with Crippen LogP contribution < -0.4 is 20.1 Å². The molecule has 0 spiro atoms. The number of ether oxygens (including phenoxy) is 2. The molecule has 0 atom stereocenters. The number of nitrogens with one attached hydrogen (secondary N) is 2. The number of halogens is 1. The van der Waals surface area contributed by atoms with Crippen LogP contribution in [0.15, 0.2) is 36.4 Å². The van der Waals surface area contributed by atoms with Crippen LogP contribution in [0.3, 0.4) is 0 Å². The fraction of sp³-hybridized carbons (Fsp3) is 0.188. The van der Waals surface area contributed by atoms with Crippen LogP contribution >= 0.6 is 23.8 Å². The van der Waals surface area contributed by atoms with Gasteiger partial charge in [0, 0.05) is 22.5 Å². The highest BCUT2D eigenvalue weighted by molar-refractivity contribution is 7.80. The summed E-state index contributed by atoms with van der Waals surface area (Å²) in [7, 11) is 0. The molecule has 114 valence electrons. The van der Waals surface area contributed by atoms with Gasteiger partial charge in [0.25, 0.3) is 0 Å². The first-order chi connectivity index (χ1) is 10.6. The zero-order valence-electron chi connectivity index (χ0n) is 12.0. The molecule has 0 amide bonds. The molecule has 0 aliphatic carbocycles. The molecule has 2 aromatic carbocycles. The Morgan fingerprint density at radius 1 is 1.05 bits per heavy atom. The predicted octanol–water partition coefficient (Wildman–Crippen LogP) is 4.23. The number of anilines is 2. The molecule has 2 aromatic rings. The van der Waals surface area contributed by atoms with Crippen LogP contribution in [0.2, 0.25) is 5.02 Å². The van der Waals surface area contributed by atoms with Crippen molar-refractivity contribution in [3.05, 3.63) is 47.0 Å². The molecule has 3 rings (SSSR count). The number of thiocarbonyl (C=S) groups is 1. The van der Waals surface area contributed by atoms with Crippen LogP contribution in [0.4, 0.5) is 11.4 Å². The van der Waals surface area contributed by atoms with Crippen molar-refractivity contribution >= 4 is 40.3 Å². The lowest BCUT2D eigenvalue weighted by Gasteiger charge is -2.19. The molecule has 0 saturated carbocycles. The average molecular weight is 335 g/mol. The monoisotopic (exact) mass is 334 g/mol. The van der Waals surface area contributed by atoms with Crippen LogP contribution in [-0.2, 0) is 0 Å². The van der Waals surface area contributed by atoms with Gasteiger partial charge >= 0.3 is 0 Å². The second-order valence-corrected chi connectivity index (χ2v) is 5.74. The first-order valence-corrected chi connectivity index (χ1v) is 7.64. The Balaban J connectivity index is 1.69. The van der Waals surface area contributed by atoms with Crippen molar-refractivity contribution in [3.63, 3.8) is 0 Å². The van der Waals surface area contributed by atoms with Gasteiger partial charge in [-0.15, -0.1) is 0 Å². The van der Waals surface area contributed by atoms with E-state index in [2.05, 4.69) is 10.6 Å². The van der Waals surface area contributed by atoms with E-state index in [1.165, 1.54) is 0 Å². The number of benzene rings is 2. The number of hydrogen-bond donors (Lipinski definition) is 2. The van der Waals surface area contributed by atoms with Gasteiger partial charge in [0.15, 0.2) is 16.6 Å². The molecule has 0 fully saturated rings. The summed E-state index contributed by atoms with van der Waals surface area (Å²) in [5, 5.41) is 7.49. The van der Waals surface area contributed by atoms with Crippen LogP contribution in [-0.4, -0.2) is 18.3 Å². The van der Waals surface area contributed by atoms with Gasteiger partial charge in [-0.1, -0.05) is 11.6 Å². The summed E-state index contributed by atoms with van der Waals surface area (Å²) in [6, 6.07) is 11.2. The highest BCUT2D eigenvalue weighted by atomic mass is 35.5. The van der Waals surface area contributed by atoms with Gasteiger partial charge in [-0.25, -0.2) is 0 Å². The van der Waals surface area contributed by atoms with Crippen LogP contribution in [0.5, 0.6) is 11.5 Å². The maximum atomic E-state index is 5.95. The van der Waals surface area contributed by atoms with E-state index in [1.807, 2.05) is 43.3 Å². The third-order valence-corrected chi connectivity index (χ3v) is 3.68. The maximum Gasteiger partial charge on any atom is 0.175 e. The normalized spacial score (nSPS) is 12.6. The summed E-state index contributed by atoms with van der Waals surface area (Å²) < 4.78 is 11.0. The number of fused-ring (bicyclic) bond motifs is 1. The molecule has 0 aromatic heterocycles. The lowest BCUT2D eigenvalue weighted by molar-refractivity contribution is 0.171. The Kier molecular flexibility index (Phi) is 4.36. The van der Waals surface area contributed by atoms with Crippen molar-refractivity contribution in [2.75, 3.05) is 23.8 Å². The molecule has 0 saturated heterocycles. The van der Waals surface area contributed by atoms with Gasteiger partial charge in [-0.2, -0.15) is 0 Å². The molecule has 1 aliphatic heterocycles. The largest absolute Gasteiger partial charge is 0.486 e. The van der Waals surface area contributed by atoms with Crippen LogP contribution in [0.25, 0.3) is 0 Å². The van der Waals surface area contributed by atoms with Crippen molar-refractivity contribution in [1.29, 1.82) is 0 Å². The fourth-order valence-corrected chi connectivity index (χ4v) is 2.63. The Morgan fingerprint density at radius 3 is 2.59 bits per heavy atom. The third kappa shape index (κ3) is 3.43. The summed E-state index contributed by atoms with van der Waals surface area (Å²) in [6.07, 6.45) is 0. The van der Waals surface area contributed by atoms with E-state index in [0.717, 1.165) is 28.4 Å². The molecular weight excluding hydrogens is 320 g/mol. The molecule has 0 radical (unpaired) electrons. The molecule has 1 heterocycles. The molecule has 0 bridgehead atoms. The van der Waals surface area contributed by atoms with Crippen LogP contribution in [0, 0.1) is 6.92 Å². The van der Waals surface area contributed by atoms with Crippen molar-refractivity contribution < 1.29 is 9.47 Å². The minimum Gasteiger partial charge on any atom is -0.486 e. The highest BCUT2D eigenvalue weighted by Gasteiger charge is 2.12. The quantitative estimate of drug-likeness (QED) is 0.805. The molecule has 6 heteroatoms. The highest BCUT2D eigenvalue weighted by Crippen LogP contribution is 2.32. The van der Waals surface area contributed by atoms with E-state index in [1.54, 1.807) is 0 Å². The van der Waals surface area contributed by atoms with Gasteiger partial charge < -0.3 is 20.1 Å². The predicted molar refractivity (Wildman–Crippen MR) is 93.5 cm³/mol. The van der Waals surface area contributed by atoms with Crippen molar-refractivity contribution in [2.45, 2.75) is 6.92 Å². The first kappa shape index (κ1) is 14.9. The lowest BCUT2D eigenvalue weighted by atomic mass is 10.2. The zero-order valence-corrected chi connectivity index (χ0v) is 13.6. The summed E-state index contributed by atoms with van der Waals surface area (Å²) in [5.41, 5.74) is 2.78.